The molecule has 0 saturated carbocycles. The summed E-state index contributed by atoms with van der Waals surface area (Å²) in [6, 6.07) is 0. The van der Waals surface area contributed by atoms with Crippen molar-refractivity contribution in [2.24, 2.45) is 0 Å². The van der Waals surface area contributed by atoms with Gasteiger partial charge in [0.05, 0.1) is 5.69 Å². The summed E-state index contributed by atoms with van der Waals surface area (Å²) in [5, 5.41) is 0. The monoisotopic (exact) mass is 196 g/mol. The van der Waals surface area contributed by atoms with Crippen LogP contribution in [0.2, 0.25) is 0 Å². The van der Waals surface area contributed by atoms with E-state index >= 15 is 0 Å². The molecule has 1 amide bonds. The maximum Gasteiger partial charge on any atom is 0.222 e. The number of amides is 1. The van der Waals surface area contributed by atoms with Gasteiger partial charge in [0.25, 0.3) is 0 Å². The molecule has 1 rings (SSSR count). The molecule has 0 aliphatic heterocycles. The molecule has 0 radical (unpaired) electrons. The largest absolute Gasteiger partial charge is 0.451 e. The summed E-state index contributed by atoms with van der Waals surface area (Å²) in [4.78, 5) is 17.3. The molecule has 0 saturated heterocycles. The van der Waals surface area contributed by atoms with Gasteiger partial charge in [0.15, 0.2) is 6.39 Å². The third-order valence-corrected chi connectivity index (χ3v) is 2.19. The van der Waals surface area contributed by atoms with E-state index in [1.54, 1.807) is 6.26 Å². The second-order valence-corrected chi connectivity index (χ2v) is 3.05. The van der Waals surface area contributed by atoms with E-state index in [1.807, 2.05) is 18.7 Å². The Kier molecular flexibility index (Phi) is 4.16. The lowest BCUT2D eigenvalue weighted by molar-refractivity contribution is -0.130. The Morgan fingerprint density at radius 3 is 2.71 bits per heavy atom. The molecule has 0 unspecified atom stereocenters. The zero-order valence-electron chi connectivity index (χ0n) is 8.69. The Morgan fingerprint density at radius 2 is 2.21 bits per heavy atom. The molecule has 0 bridgehead atoms. The Hall–Kier alpha value is -1.32. The SMILES string of the molecule is CCN(CC)C(=O)CCc1cocn1. The zero-order valence-corrected chi connectivity index (χ0v) is 8.69. The number of hydrogen-bond acceptors (Lipinski definition) is 3. The maximum absolute atomic E-state index is 11.6. The highest BCUT2D eigenvalue weighted by Crippen LogP contribution is 2.02. The topological polar surface area (TPSA) is 46.3 Å². The highest BCUT2D eigenvalue weighted by Gasteiger charge is 2.09. The highest BCUT2D eigenvalue weighted by molar-refractivity contribution is 5.76. The Bertz CT molecular complexity index is 266. The van der Waals surface area contributed by atoms with Crippen molar-refractivity contribution in [2.45, 2.75) is 26.7 Å². The minimum absolute atomic E-state index is 0.179. The van der Waals surface area contributed by atoms with Crippen LogP contribution in [0.1, 0.15) is 26.0 Å². The third-order valence-electron chi connectivity index (χ3n) is 2.19. The normalized spacial score (nSPS) is 10.1. The van der Waals surface area contributed by atoms with Gasteiger partial charge in [0, 0.05) is 25.9 Å². The quantitative estimate of drug-likeness (QED) is 0.716. The standard InChI is InChI=1S/C10H16N2O2/c1-3-12(4-2)10(13)6-5-9-7-14-8-11-9/h7-8H,3-6H2,1-2H3. The lowest BCUT2D eigenvalue weighted by Gasteiger charge is -2.17. The molecule has 0 N–H and O–H groups in total. The van der Waals surface area contributed by atoms with Gasteiger partial charge >= 0.3 is 0 Å². The summed E-state index contributed by atoms with van der Waals surface area (Å²) < 4.78 is 4.82. The molecular formula is C10H16N2O2. The van der Waals surface area contributed by atoms with E-state index in [4.69, 9.17) is 4.42 Å². The Morgan fingerprint density at radius 1 is 1.50 bits per heavy atom. The molecule has 0 aliphatic carbocycles. The number of carbonyl (C=O) groups excluding carboxylic acids is 1. The van der Waals surface area contributed by atoms with Crippen LogP contribution in [-0.2, 0) is 11.2 Å². The average molecular weight is 196 g/mol. The van der Waals surface area contributed by atoms with Crippen molar-refractivity contribution in [3.8, 4) is 0 Å². The summed E-state index contributed by atoms with van der Waals surface area (Å²) >= 11 is 0. The summed E-state index contributed by atoms with van der Waals surface area (Å²) in [6.45, 7) is 5.51. The van der Waals surface area contributed by atoms with Gasteiger partial charge in [0.1, 0.15) is 6.26 Å². The van der Waals surface area contributed by atoms with E-state index in [-0.39, 0.29) is 5.91 Å². The first-order chi connectivity index (χ1) is 6.77. The average Bonchev–Trinajstić information content (AvgIpc) is 2.69. The fourth-order valence-electron chi connectivity index (χ4n) is 1.33. The second kappa shape index (κ2) is 5.42. The van der Waals surface area contributed by atoms with Gasteiger partial charge < -0.3 is 9.32 Å². The van der Waals surface area contributed by atoms with Crippen LogP contribution in [0, 0.1) is 0 Å². The number of hydrogen-bond donors (Lipinski definition) is 0. The van der Waals surface area contributed by atoms with E-state index < -0.39 is 0 Å². The molecule has 1 aromatic heterocycles. The fraction of sp³-hybridized carbons (Fsp3) is 0.600. The predicted molar refractivity (Wildman–Crippen MR) is 52.8 cm³/mol. The molecule has 4 heteroatoms. The third kappa shape index (κ3) is 2.87. The first-order valence-electron chi connectivity index (χ1n) is 4.92. The summed E-state index contributed by atoms with van der Waals surface area (Å²) in [5.74, 6) is 0.179. The van der Waals surface area contributed by atoms with Crippen LogP contribution in [0.5, 0.6) is 0 Å². The number of aromatic nitrogens is 1. The highest BCUT2D eigenvalue weighted by atomic mass is 16.3. The van der Waals surface area contributed by atoms with E-state index in [9.17, 15) is 4.79 Å². The van der Waals surface area contributed by atoms with Gasteiger partial charge in [-0.2, -0.15) is 0 Å². The Balaban J connectivity index is 2.34. The summed E-state index contributed by atoms with van der Waals surface area (Å²) in [7, 11) is 0. The van der Waals surface area contributed by atoms with Crippen LogP contribution in [0.15, 0.2) is 17.1 Å². The van der Waals surface area contributed by atoms with Crippen LogP contribution >= 0.6 is 0 Å². The van der Waals surface area contributed by atoms with Crippen molar-refractivity contribution in [3.05, 3.63) is 18.4 Å². The lowest BCUT2D eigenvalue weighted by Crippen LogP contribution is -2.30. The van der Waals surface area contributed by atoms with E-state index in [2.05, 4.69) is 4.98 Å². The minimum Gasteiger partial charge on any atom is -0.451 e. The molecule has 1 heterocycles. The van der Waals surface area contributed by atoms with Gasteiger partial charge in [-0.15, -0.1) is 0 Å². The van der Waals surface area contributed by atoms with Crippen molar-refractivity contribution >= 4 is 5.91 Å². The number of oxazole rings is 1. The first kappa shape index (κ1) is 10.8. The van der Waals surface area contributed by atoms with Gasteiger partial charge in [0.2, 0.25) is 5.91 Å². The minimum atomic E-state index is 0.179. The molecule has 0 atom stereocenters. The smallest absolute Gasteiger partial charge is 0.222 e. The molecule has 0 fully saturated rings. The number of nitrogens with zero attached hydrogens (tertiary/aromatic N) is 2. The molecule has 0 aromatic carbocycles. The molecular weight excluding hydrogens is 180 g/mol. The molecule has 0 spiro atoms. The first-order valence-corrected chi connectivity index (χ1v) is 4.92. The molecule has 78 valence electrons. The Labute approximate surface area is 83.9 Å². The zero-order chi connectivity index (χ0) is 10.4. The van der Waals surface area contributed by atoms with E-state index in [1.165, 1.54) is 6.39 Å². The molecule has 4 nitrogen and oxygen atoms in total. The van der Waals surface area contributed by atoms with Crippen LogP contribution in [0.4, 0.5) is 0 Å². The predicted octanol–water partition coefficient (Wildman–Crippen LogP) is 1.48. The van der Waals surface area contributed by atoms with Crippen LogP contribution in [0.3, 0.4) is 0 Å². The number of aryl methyl sites for hydroxylation is 1. The molecule has 1 aromatic rings. The van der Waals surface area contributed by atoms with Gasteiger partial charge in [-0.25, -0.2) is 4.98 Å². The fourth-order valence-corrected chi connectivity index (χ4v) is 1.33. The van der Waals surface area contributed by atoms with Crippen molar-refractivity contribution < 1.29 is 9.21 Å². The molecule has 0 aliphatic rings. The van der Waals surface area contributed by atoms with Crippen LogP contribution in [-0.4, -0.2) is 28.9 Å². The van der Waals surface area contributed by atoms with Crippen LogP contribution < -0.4 is 0 Å². The lowest BCUT2D eigenvalue weighted by atomic mass is 10.2. The van der Waals surface area contributed by atoms with Crippen molar-refractivity contribution in [1.82, 2.24) is 9.88 Å². The summed E-state index contributed by atoms with van der Waals surface area (Å²) in [5.41, 5.74) is 0.838. The van der Waals surface area contributed by atoms with Crippen molar-refractivity contribution in [2.75, 3.05) is 13.1 Å². The maximum atomic E-state index is 11.6. The van der Waals surface area contributed by atoms with Gasteiger partial charge in [-0.1, -0.05) is 0 Å². The second-order valence-electron chi connectivity index (χ2n) is 3.05. The molecule has 14 heavy (non-hydrogen) atoms. The van der Waals surface area contributed by atoms with Gasteiger partial charge in [-0.05, 0) is 13.8 Å². The number of rotatable bonds is 5. The van der Waals surface area contributed by atoms with E-state index in [0.717, 1.165) is 18.8 Å². The summed E-state index contributed by atoms with van der Waals surface area (Å²) in [6.07, 6.45) is 4.13. The van der Waals surface area contributed by atoms with E-state index in [0.29, 0.717) is 12.8 Å². The van der Waals surface area contributed by atoms with Crippen molar-refractivity contribution in [1.29, 1.82) is 0 Å². The van der Waals surface area contributed by atoms with Crippen molar-refractivity contribution in [3.63, 3.8) is 0 Å². The van der Waals surface area contributed by atoms with Crippen LogP contribution in [0.25, 0.3) is 0 Å². The number of carbonyl (C=O) groups is 1. The van der Waals surface area contributed by atoms with Gasteiger partial charge in [-0.3, -0.25) is 4.79 Å².